The van der Waals surface area contributed by atoms with Crippen molar-refractivity contribution in [1.82, 2.24) is 9.88 Å². The number of carbonyl (C=O) groups is 2. The molecule has 4 N–H and O–H groups in total. The molecule has 1 heterocycles. The average molecular weight is 262 g/mol. The molecule has 1 aromatic rings. The number of anilines is 1. The monoisotopic (exact) mass is 262 g/mol. The van der Waals surface area contributed by atoms with Gasteiger partial charge in [-0.05, 0) is 25.0 Å². The number of nitrogens with zero attached hydrogens (tertiary/aromatic N) is 2. The highest BCUT2D eigenvalue weighted by Gasteiger charge is 2.29. The van der Waals surface area contributed by atoms with Gasteiger partial charge in [-0.25, -0.2) is 4.98 Å². The van der Waals surface area contributed by atoms with Gasteiger partial charge in [-0.15, -0.1) is 0 Å². The fourth-order valence-corrected chi connectivity index (χ4v) is 2.43. The van der Waals surface area contributed by atoms with Crippen LogP contribution in [0.15, 0.2) is 18.3 Å². The predicted octanol–water partition coefficient (Wildman–Crippen LogP) is 0.534. The minimum absolute atomic E-state index is 0.0600. The first kappa shape index (κ1) is 13.3. The van der Waals surface area contributed by atoms with E-state index < -0.39 is 5.91 Å². The second-order valence-corrected chi connectivity index (χ2v) is 4.81. The minimum Gasteiger partial charge on any atom is -0.397 e. The average Bonchev–Trinajstić information content (AvgIpc) is 2.89. The number of nitrogen functional groups attached to an aromatic ring is 1. The van der Waals surface area contributed by atoms with Crippen LogP contribution in [0.4, 0.5) is 5.69 Å². The summed E-state index contributed by atoms with van der Waals surface area (Å²) in [6, 6.07) is 3.28. The Hall–Kier alpha value is -2.11. The second-order valence-electron chi connectivity index (χ2n) is 4.81. The Balaban J connectivity index is 2.18. The fourth-order valence-electron chi connectivity index (χ4n) is 2.43. The zero-order valence-electron chi connectivity index (χ0n) is 10.7. The summed E-state index contributed by atoms with van der Waals surface area (Å²) in [5.41, 5.74) is 11.6. The molecule has 6 nitrogen and oxygen atoms in total. The summed E-state index contributed by atoms with van der Waals surface area (Å²) in [7, 11) is 0. The number of nitrogens with two attached hydrogens (primary N) is 2. The lowest BCUT2D eigenvalue weighted by atomic mass is 10.2. The molecular formula is C13H18N4O2. The Morgan fingerprint density at radius 2 is 2.00 bits per heavy atom. The van der Waals surface area contributed by atoms with Crippen LogP contribution in [0.1, 0.15) is 36.2 Å². The van der Waals surface area contributed by atoms with Gasteiger partial charge in [0.1, 0.15) is 5.69 Å². The van der Waals surface area contributed by atoms with Crippen LogP contribution in [0.3, 0.4) is 0 Å². The fraction of sp³-hybridized carbons (Fsp3) is 0.462. The molecule has 0 spiro atoms. The van der Waals surface area contributed by atoms with Crippen molar-refractivity contribution in [2.45, 2.75) is 31.7 Å². The smallest absolute Gasteiger partial charge is 0.273 e. The van der Waals surface area contributed by atoms with E-state index in [0.29, 0.717) is 11.4 Å². The van der Waals surface area contributed by atoms with Crippen molar-refractivity contribution in [2.75, 3.05) is 12.3 Å². The summed E-state index contributed by atoms with van der Waals surface area (Å²) >= 11 is 0. The summed E-state index contributed by atoms with van der Waals surface area (Å²) in [5, 5.41) is 0. The maximum absolute atomic E-state index is 12.4. The van der Waals surface area contributed by atoms with Gasteiger partial charge in [-0.2, -0.15) is 0 Å². The number of hydrogen-bond donors (Lipinski definition) is 2. The third-order valence-electron chi connectivity index (χ3n) is 3.36. The van der Waals surface area contributed by atoms with E-state index in [1.54, 1.807) is 12.1 Å². The molecule has 0 unspecified atom stereocenters. The van der Waals surface area contributed by atoms with Gasteiger partial charge in [-0.3, -0.25) is 9.59 Å². The number of hydrogen-bond acceptors (Lipinski definition) is 4. The van der Waals surface area contributed by atoms with E-state index in [4.69, 9.17) is 11.5 Å². The zero-order chi connectivity index (χ0) is 13.8. The second kappa shape index (κ2) is 5.69. The van der Waals surface area contributed by atoms with Gasteiger partial charge in [0.15, 0.2) is 0 Å². The van der Waals surface area contributed by atoms with Crippen molar-refractivity contribution < 1.29 is 9.59 Å². The molecule has 1 aliphatic rings. The largest absolute Gasteiger partial charge is 0.397 e. The standard InChI is InChI=1S/C13H18N4O2/c14-9-5-6-11(16-7-9)13(19)17(8-12(15)18)10-3-1-2-4-10/h5-7,10H,1-4,8,14H2,(H2,15,18). The van der Waals surface area contributed by atoms with E-state index in [2.05, 4.69) is 4.98 Å². The molecule has 1 aliphatic carbocycles. The molecular weight excluding hydrogens is 244 g/mol. The van der Waals surface area contributed by atoms with Crippen LogP contribution in [-0.2, 0) is 4.79 Å². The molecule has 0 radical (unpaired) electrons. The highest BCUT2D eigenvalue weighted by molar-refractivity contribution is 5.95. The molecule has 1 aromatic heterocycles. The molecule has 1 saturated carbocycles. The van der Waals surface area contributed by atoms with Crippen LogP contribution in [0.2, 0.25) is 0 Å². The quantitative estimate of drug-likeness (QED) is 0.826. The van der Waals surface area contributed by atoms with Crippen molar-refractivity contribution in [3.8, 4) is 0 Å². The lowest BCUT2D eigenvalue weighted by Crippen LogP contribution is -2.44. The van der Waals surface area contributed by atoms with Crippen LogP contribution in [-0.4, -0.2) is 34.3 Å². The van der Waals surface area contributed by atoms with E-state index in [1.165, 1.54) is 11.1 Å². The molecule has 2 amide bonds. The summed E-state index contributed by atoms with van der Waals surface area (Å²) in [4.78, 5) is 29.1. The molecule has 0 saturated heterocycles. The van der Waals surface area contributed by atoms with E-state index >= 15 is 0 Å². The Labute approximate surface area is 111 Å². The highest BCUT2D eigenvalue weighted by Crippen LogP contribution is 2.24. The van der Waals surface area contributed by atoms with E-state index in [0.717, 1.165) is 25.7 Å². The van der Waals surface area contributed by atoms with Crippen LogP contribution in [0.5, 0.6) is 0 Å². The third-order valence-corrected chi connectivity index (χ3v) is 3.36. The first-order chi connectivity index (χ1) is 9.08. The van der Waals surface area contributed by atoms with Gasteiger partial charge in [0.25, 0.3) is 5.91 Å². The first-order valence-electron chi connectivity index (χ1n) is 6.38. The van der Waals surface area contributed by atoms with Gasteiger partial charge in [0.2, 0.25) is 5.91 Å². The molecule has 19 heavy (non-hydrogen) atoms. The van der Waals surface area contributed by atoms with E-state index in [1.807, 2.05) is 0 Å². The Bertz CT molecular complexity index is 466. The van der Waals surface area contributed by atoms with Gasteiger partial charge in [0, 0.05) is 6.04 Å². The molecule has 0 bridgehead atoms. The Kier molecular flexibility index (Phi) is 3.99. The number of aromatic nitrogens is 1. The number of amides is 2. The van der Waals surface area contributed by atoms with Crippen LogP contribution in [0, 0.1) is 0 Å². The Morgan fingerprint density at radius 1 is 1.32 bits per heavy atom. The SMILES string of the molecule is NC(=O)CN(C(=O)c1ccc(N)cn1)C1CCCC1. The lowest BCUT2D eigenvalue weighted by Gasteiger charge is -2.27. The van der Waals surface area contributed by atoms with Gasteiger partial charge in [0.05, 0.1) is 18.4 Å². The lowest BCUT2D eigenvalue weighted by molar-refractivity contribution is -0.119. The van der Waals surface area contributed by atoms with E-state index in [-0.39, 0.29) is 18.5 Å². The normalized spacial score (nSPS) is 15.4. The number of carbonyl (C=O) groups excluding carboxylic acids is 2. The number of primary amides is 1. The maximum atomic E-state index is 12.4. The van der Waals surface area contributed by atoms with Crippen molar-refractivity contribution in [3.63, 3.8) is 0 Å². The predicted molar refractivity (Wildman–Crippen MR) is 71.1 cm³/mol. The van der Waals surface area contributed by atoms with Gasteiger partial charge < -0.3 is 16.4 Å². The topological polar surface area (TPSA) is 102 Å². The van der Waals surface area contributed by atoms with Crippen LogP contribution >= 0.6 is 0 Å². The molecule has 2 rings (SSSR count). The molecule has 0 atom stereocenters. The van der Waals surface area contributed by atoms with E-state index in [9.17, 15) is 9.59 Å². The molecule has 0 aromatic carbocycles. The minimum atomic E-state index is -0.504. The molecule has 102 valence electrons. The number of pyridine rings is 1. The number of rotatable bonds is 4. The molecule has 0 aliphatic heterocycles. The van der Waals surface area contributed by atoms with Crippen LogP contribution in [0.25, 0.3) is 0 Å². The maximum Gasteiger partial charge on any atom is 0.273 e. The summed E-state index contributed by atoms with van der Waals surface area (Å²) in [6.07, 6.45) is 5.40. The van der Waals surface area contributed by atoms with Crippen molar-refractivity contribution in [1.29, 1.82) is 0 Å². The van der Waals surface area contributed by atoms with Crippen molar-refractivity contribution in [3.05, 3.63) is 24.0 Å². The zero-order valence-corrected chi connectivity index (χ0v) is 10.7. The van der Waals surface area contributed by atoms with Crippen LogP contribution < -0.4 is 11.5 Å². The van der Waals surface area contributed by atoms with Crippen molar-refractivity contribution in [2.24, 2.45) is 5.73 Å². The highest BCUT2D eigenvalue weighted by atomic mass is 16.2. The summed E-state index contributed by atoms with van der Waals surface area (Å²) in [5.74, 6) is -0.763. The summed E-state index contributed by atoms with van der Waals surface area (Å²) < 4.78 is 0. The molecule has 1 fully saturated rings. The summed E-state index contributed by atoms with van der Waals surface area (Å²) in [6.45, 7) is -0.0600. The van der Waals surface area contributed by atoms with Crippen molar-refractivity contribution >= 4 is 17.5 Å². The third kappa shape index (κ3) is 3.21. The first-order valence-corrected chi connectivity index (χ1v) is 6.38. The molecule has 6 heteroatoms. The van der Waals surface area contributed by atoms with Gasteiger partial charge >= 0.3 is 0 Å². The Morgan fingerprint density at radius 3 is 2.53 bits per heavy atom. The van der Waals surface area contributed by atoms with Gasteiger partial charge in [-0.1, -0.05) is 12.8 Å².